The van der Waals surface area contributed by atoms with E-state index in [-0.39, 0.29) is 12.0 Å². The van der Waals surface area contributed by atoms with Crippen LogP contribution in [-0.4, -0.2) is 15.5 Å². The number of benzene rings is 3. The number of nitrogens with zero attached hydrogens (tertiary/aromatic N) is 2. The predicted octanol–water partition coefficient (Wildman–Crippen LogP) is 4.88. The number of hydrogen-bond acceptors (Lipinski definition) is 4. The maximum absolute atomic E-state index is 13.2. The third kappa shape index (κ3) is 3.65. The van der Waals surface area contributed by atoms with E-state index in [1.807, 2.05) is 89.5 Å². The van der Waals surface area contributed by atoms with Crippen molar-refractivity contribution < 1.29 is 9.53 Å². The molecule has 0 bridgehead atoms. The van der Waals surface area contributed by atoms with Gasteiger partial charge in [0.1, 0.15) is 6.54 Å². The molecule has 0 spiro atoms. The van der Waals surface area contributed by atoms with Crippen LogP contribution in [0, 0.1) is 0 Å². The summed E-state index contributed by atoms with van der Waals surface area (Å²) in [5, 5.41) is 1.15. The molecule has 0 fully saturated rings. The van der Waals surface area contributed by atoms with E-state index in [1.165, 1.54) is 0 Å². The first kappa shape index (κ1) is 19.7. The number of fused-ring (bicyclic) bond motifs is 2. The summed E-state index contributed by atoms with van der Waals surface area (Å²) in [6.07, 6.45) is 1.06. The molecule has 1 unspecified atom stereocenters. The molecule has 0 N–H and O–H groups in total. The molecular formula is C27H20N2O3. The summed E-state index contributed by atoms with van der Waals surface area (Å²) < 4.78 is 7.80. The fourth-order valence-electron chi connectivity index (χ4n) is 4.00. The van der Waals surface area contributed by atoms with E-state index < -0.39 is 12.1 Å². The Balaban J connectivity index is 1.56. The molecule has 5 rings (SSSR count). The average molecular weight is 420 g/mol. The lowest BCUT2D eigenvalue weighted by Gasteiger charge is -2.20. The van der Waals surface area contributed by atoms with Gasteiger partial charge in [0.05, 0.1) is 16.7 Å². The molecule has 0 saturated carbocycles. The van der Waals surface area contributed by atoms with Crippen molar-refractivity contribution in [1.29, 1.82) is 0 Å². The van der Waals surface area contributed by atoms with Gasteiger partial charge in [-0.2, -0.15) is 0 Å². The molecule has 156 valence electrons. The summed E-state index contributed by atoms with van der Waals surface area (Å²) in [5.41, 5.74) is 2.84. The first-order valence-electron chi connectivity index (χ1n) is 10.4. The van der Waals surface area contributed by atoms with Crippen LogP contribution < -0.4 is 5.43 Å². The van der Waals surface area contributed by atoms with Gasteiger partial charge in [-0.1, -0.05) is 60.7 Å². The van der Waals surface area contributed by atoms with Crippen LogP contribution in [0.1, 0.15) is 17.4 Å². The topological polar surface area (TPSA) is 61.2 Å². The number of esters is 1. The van der Waals surface area contributed by atoms with Crippen molar-refractivity contribution in [2.45, 2.75) is 12.6 Å². The Morgan fingerprint density at radius 3 is 2.00 bits per heavy atom. The monoisotopic (exact) mass is 420 g/mol. The van der Waals surface area contributed by atoms with Gasteiger partial charge in [-0.25, -0.2) is 0 Å². The summed E-state index contributed by atoms with van der Waals surface area (Å²) in [4.78, 5) is 30.5. The third-order valence-corrected chi connectivity index (χ3v) is 5.47. The minimum Gasteiger partial charge on any atom is -0.450 e. The van der Waals surface area contributed by atoms with E-state index in [2.05, 4.69) is 4.98 Å². The number of hydrogen-bond donors (Lipinski definition) is 0. The number of carbonyl (C=O) groups is 1. The van der Waals surface area contributed by atoms with Gasteiger partial charge in [-0.05, 0) is 42.0 Å². The lowest BCUT2D eigenvalue weighted by Crippen LogP contribution is -2.21. The van der Waals surface area contributed by atoms with Gasteiger partial charge >= 0.3 is 5.97 Å². The summed E-state index contributed by atoms with van der Waals surface area (Å²) in [5.74, 6) is -0.413. The smallest absolute Gasteiger partial charge is 0.326 e. The van der Waals surface area contributed by atoms with Gasteiger partial charge in [0.15, 0.2) is 11.5 Å². The van der Waals surface area contributed by atoms with E-state index in [0.717, 1.165) is 5.56 Å². The van der Waals surface area contributed by atoms with Gasteiger partial charge in [-0.15, -0.1) is 0 Å². The molecule has 0 saturated heterocycles. The highest BCUT2D eigenvalue weighted by Crippen LogP contribution is 2.25. The van der Waals surface area contributed by atoms with Crippen molar-refractivity contribution >= 4 is 27.8 Å². The molecule has 5 nitrogen and oxygen atoms in total. The highest BCUT2D eigenvalue weighted by molar-refractivity contribution is 5.94. The second-order valence-electron chi connectivity index (χ2n) is 7.48. The van der Waals surface area contributed by atoms with Crippen molar-refractivity contribution in [2.75, 3.05) is 0 Å². The average Bonchev–Trinajstić information content (AvgIpc) is 2.86. The third-order valence-electron chi connectivity index (χ3n) is 5.47. The van der Waals surface area contributed by atoms with Crippen molar-refractivity contribution in [2.24, 2.45) is 0 Å². The fraction of sp³-hybridized carbons (Fsp3) is 0.0741. The lowest BCUT2D eigenvalue weighted by atomic mass is 10.1. The number of rotatable bonds is 5. The molecule has 0 radical (unpaired) electrons. The van der Waals surface area contributed by atoms with Gasteiger partial charge in [0, 0.05) is 17.0 Å². The highest BCUT2D eigenvalue weighted by atomic mass is 16.5. The molecule has 1 atom stereocenters. The number of ether oxygens (including phenoxy) is 1. The van der Waals surface area contributed by atoms with Crippen molar-refractivity contribution in [1.82, 2.24) is 9.55 Å². The first-order chi connectivity index (χ1) is 15.7. The van der Waals surface area contributed by atoms with E-state index in [9.17, 15) is 9.59 Å². The van der Waals surface area contributed by atoms with E-state index in [0.29, 0.717) is 27.5 Å². The molecule has 0 amide bonds. The van der Waals surface area contributed by atoms with Crippen LogP contribution in [-0.2, 0) is 16.1 Å². The number of carbonyl (C=O) groups excluding carboxylic acids is 1. The van der Waals surface area contributed by atoms with Crippen LogP contribution >= 0.6 is 0 Å². The Bertz CT molecular complexity index is 1360. The SMILES string of the molecule is O=C(Cn1c2ccccc2c(=O)c2ccccc21)OC(c1ccccc1)c1ccccn1. The standard InChI is InChI=1S/C27H20N2O3/c30-25(32-27(19-10-2-1-3-11-19)22-14-8-9-17-28-22)18-29-23-15-6-4-12-20(23)26(31)21-13-5-7-16-24(21)29/h1-17,27H,18H2. The number of pyridine rings is 2. The molecule has 5 heteroatoms. The zero-order valence-corrected chi connectivity index (χ0v) is 17.2. The van der Waals surface area contributed by atoms with Gasteiger partial charge in [-0.3, -0.25) is 14.6 Å². The van der Waals surface area contributed by atoms with Gasteiger partial charge < -0.3 is 9.30 Å². The molecule has 0 aliphatic heterocycles. The second kappa shape index (κ2) is 8.47. The maximum atomic E-state index is 13.2. The zero-order chi connectivity index (χ0) is 21.9. The van der Waals surface area contributed by atoms with Gasteiger partial charge in [0.2, 0.25) is 0 Å². The normalized spacial score (nSPS) is 12.0. The van der Waals surface area contributed by atoms with Crippen LogP contribution in [0.2, 0.25) is 0 Å². The van der Waals surface area contributed by atoms with Crippen LogP contribution in [0.5, 0.6) is 0 Å². The molecule has 0 aliphatic rings. The number of aromatic nitrogens is 2. The molecule has 0 aliphatic carbocycles. The first-order valence-corrected chi connectivity index (χ1v) is 10.4. The van der Waals surface area contributed by atoms with Crippen LogP contribution in [0.25, 0.3) is 21.8 Å². The summed E-state index contributed by atoms with van der Waals surface area (Å²) in [6, 6.07) is 29.7. The minimum atomic E-state index is -0.623. The summed E-state index contributed by atoms with van der Waals surface area (Å²) in [6.45, 7) is -0.0303. The van der Waals surface area contributed by atoms with Crippen molar-refractivity contribution in [3.8, 4) is 0 Å². The van der Waals surface area contributed by atoms with Crippen molar-refractivity contribution in [3.63, 3.8) is 0 Å². The summed E-state index contributed by atoms with van der Waals surface area (Å²) >= 11 is 0. The number of para-hydroxylation sites is 2. The molecule has 2 heterocycles. The Kier molecular flexibility index (Phi) is 5.22. The maximum Gasteiger partial charge on any atom is 0.326 e. The van der Waals surface area contributed by atoms with E-state index >= 15 is 0 Å². The fourth-order valence-corrected chi connectivity index (χ4v) is 4.00. The molecule has 5 aromatic rings. The molecule has 32 heavy (non-hydrogen) atoms. The predicted molar refractivity (Wildman–Crippen MR) is 124 cm³/mol. The Morgan fingerprint density at radius 2 is 1.38 bits per heavy atom. The Morgan fingerprint density at radius 1 is 0.781 bits per heavy atom. The highest BCUT2D eigenvalue weighted by Gasteiger charge is 2.21. The van der Waals surface area contributed by atoms with Gasteiger partial charge in [0.25, 0.3) is 0 Å². The van der Waals surface area contributed by atoms with Crippen LogP contribution in [0.15, 0.2) is 108 Å². The van der Waals surface area contributed by atoms with Crippen LogP contribution in [0.3, 0.4) is 0 Å². The van der Waals surface area contributed by atoms with Crippen molar-refractivity contribution in [3.05, 3.63) is 125 Å². The Labute approximate surface area is 184 Å². The minimum absolute atomic E-state index is 0.0303. The van der Waals surface area contributed by atoms with E-state index in [4.69, 9.17) is 4.74 Å². The molecule has 3 aromatic carbocycles. The Hall–Kier alpha value is -4.25. The van der Waals surface area contributed by atoms with E-state index in [1.54, 1.807) is 18.3 Å². The lowest BCUT2D eigenvalue weighted by molar-refractivity contribution is -0.148. The molecular weight excluding hydrogens is 400 g/mol. The van der Waals surface area contributed by atoms with Crippen LogP contribution in [0.4, 0.5) is 0 Å². The largest absolute Gasteiger partial charge is 0.450 e. The second-order valence-corrected chi connectivity index (χ2v) is 7.48. The molecule has 2 aromatic heterocycles. The summed E-state index contributed by atoms with van der Waals surface area (Å²) in [7, 11) is 0. The zero-order valence-electron chi connectivity index (χ0n) is 17.2. The quantitative estimate of drug-likeness (QED) is 0.300.